The SMILES string of the molecule is CC[C@H](C)[C@H](NC(=O)c1cc(NC(C)=O)ccc1F)C(=O)O. The van der Waals surface area contributed by atoms with Crippen molar-refractivity contribution in [1.29, 1.82) is 0 Å². The van der Waals surface area contributed by atoms with Gasteiger partial charge in [0.05, 0.1) is 5.56 Å². The number of hydrogen-bond acceptors (Lipinski definition) is 3. The Morgan fingerprint density at radius 2 is 1.95 bits per heavy atom. The van der Waals surface area contributed by atoms with Gasteiger partial charge in [-0.3, -0.25) is 9.59 Å². The number of benzene rings is 1. The standard InChI is InChI=1S/C15H19FN2O4/c1-4-8(2)13(15(21)22)18-14(20)11-7-10(17-9(3)19)5-6-12(11)16/h5-8,13H,4H2,1-3H3,(H,17,19)(H,18,20)(H,21,22)/t8-,13-/m0/s1. The normalized spacial score (nSPS) is 13.1. The van der Waals surface area contributed by atoms with Crippen molar-refractivity contribution in [2.45, 2.75) is 33.2 Å². The Labute approximate surface area is 127 Å². The molecule has 0 bridgehead atoms. The van der Waals surface area contributed by atoms with Crippen molar-refractivity contribution in [3.63, 3.8) is 0 Å². The van der Waals surface area contributed by atoms with Gasteiger partial charge < -0.3 is 15.7 Å². The van der Waals surface area contributed by atoms with Crippen molar-refractivity contribution in [3.05, 3.63) is 29.6 Å². The summed E-state index contributed by atoms with van der Waals surface area (Å²) < 4.78 is 13.8. The largest absolute Gasteiger partial charge is 0.480 e. The Morgan fingerprint density at radius 1 is 1.32 bits per heavy atom. The molecule has 0 heterocycles. The van der Waals surface area contributed by atoms with Crippen LogP contribution in [0.3, 0.4) is 0 Å². The molecule has 0 saturated carbocycles. The van der Waals surface area contributed by atoms with Crippen LogP contribution in [-0.4, -0.2) is 28.9 Å². The number of carboxylic acid groups (broad SMARTS) is 1. The quantitative estimate of drug-likeness (QED) is 0.749. The van der Waals surface area contributed by atoms with Gasteiger partial charge in [0.25, 0.3) is 5.91 Å². The highest BCUT2D eigenvalue weighted by molar-refractivity contribution is 5.98. The van der Waals surface area contributed by atoms with Gasteiger partial charge in [-0.15, -0.1) is 0 Å². The molecule has 22 heavy (non-hydrogen) atoms. The molecule has 7 heteroatoms. The first-order valence-electron chi connectivity index (χ1n) is 6.87. The first kappa shape index (κ1) is 17.6. The number of hydrogen-bond donors (Lipinski definition) is 3. The van der Waals surface area contributed by atoms with Gasteiger partial charge in [-0.05, 0) is 24.1 Å². The van der Waals surface area contributed by atoms with E-state index in [0.29, 0.717) is 6.42 Å². The minimum Gasteiger partial charge on any atom is -0.480 e. The molecule has 2 amide bonds. The second kappa shape index (κ2) is 7.53. The van der Waals surface area contributed by atoms with Gasteiger partial charge >= 0.3 is 5.97 Å². The van der Waals surface area contributed by atoms with Crippen molar-refractivity contribution >= 4 is 23.5 Å². The molecule has 1 aromatic rings. The summed E-state index contributed by atoms with van der Waals surface area (Å²) in [6.45, 7) is 4.76. The zero-order chi connectivity index (χ0) is 16.9. The van der Waals surface area contributed by atoms with Gasteiger partial charge in [0, 0.05) is 12.6 Å². The fraction of sp³-hybridized carbons (Fsp3) is 0.400. The van der Waals surface area contributed by atoms with E-state index < -0.39 is 23.7 Å². The average Bonchev–Trinajstić information content (AvgIpc) is 2.44. The number of rotatable bonds is 6. The first-order chi connectivity index (χ1) is 10.3. The van der Waals surface area contributed by atoms with Crippen molar-refractivity contribution in [3.8, 4) is 0 Å². The molecule has 0 aliphatic rings. The van der Waals surface area contributed by atoms with Crippen LogP contribution in [0.15, 0.2) is 18.2 Å². The maximum absolute atomic E-state index is 13.8. The third kappa shape index (κ3) is 4.54. The number of aliphatic carboxylic acids is 1. The fourth-order valence-electron chi connectivity index (χ4n) is 1.88. The van der Waals surface area contributed by atoms with Crippen molar-refractivity contribution in [2.75, 3.05) is 5.32 Å². The Bertz CT molecular complexity index is 589. The summed E-state index contributed by atoms with van der Waals surface area (Å²) in [6, 6.07) is 2.42. The third-order valence-electron chi connectivity index (χ3n) is 3.30. The summed E-state index contributed by atoms with van der Waals surface area (Å²) in [4.78, 5) is 34.3. The highest BCUT2D eigenvalue weighted by atomic mass is 19.1. The maximum atomic E-state index is 13.8. The summed E-state index contributed by atoms with van der Waals surface area (Å²) in [6.07, 6.45) is 0.547. The van der Waals surface area contributed by atoms with E-state index in [0.717, 1.165) is 6.07 Å². The molecular formula is C15H19FN2O4. The number of carbonyl (C=O) groups excluding carboxylic acids is 2. The average molecular weight is 310 g/mol. The topological polar surface area (TPSA) is 95.5 Å². The fourth-order valence-corrected chi connectivity index (χ4v) is 1.88. The van der Waals surface area contributed by atoms with Gasteiger partial charge in [0.15, 0.2) is 0 Å². The molecule has 120 valence electrons. The van der Waals surface area contributed by atoms with Gasteiger partial charge in [0.2, 0.25) is 5.91 Å². The monoisotopic (exact) mass is 310 g/mol. The number of carboxylic acids is 1. The lowest BCUT2D eigenvalue weighted by Crippen LogP contribution is -2.45. The van der Waals surface area contributed by atoms with E-state index in [4.69, 9.17) is 5.11 Å². The van der Waals surface area contributed by atoms with Crippen molar-refractivity contribution < 1.29 is 23.9 Å². The Balaban J connectivity index is 3.01. The number of amides is 2. The first-order valence-corrected chi connectivity index (χ1v) is 6.87. The predicted molar refractivity (Wildman–Crippen MR) is 79.0 cm³/mol. The Kier molecular flexibility index (Phi) is 6.03. The Morgan fingerprint density at radius 3 is 2.45 bits per heavy atom. The van der Waals surface area contributed by atoms with E-state index in [1.807, 2.05) is 0 Å². The summed E-state index contributed by atoms with van der Waals surface area (Å²) in [5.74, 6) is -3.47. The molecule has 1 aromatic carbocycles. The van der Waals surface area contributed by atoms with Crippen LogP contribution < -0.4 is 10.6 Å². The number of nitrogens with one attached hydrogen (secondary N) is 2. The minimum atomic E-state index is -1.18. The van der Waals surface area contributed by atoms with Crippen LogP contribution in [0.1, 0.15) is 37.6 Å². The van der Waals surface area contributed by atoms with Gasteiger partial charge in [-0.2, -0.15) is 0 Å². The molecule has 6 nitrogen and oxygen atoms in total. The smallest absolute Gasteiger partial charge is 0.326 e. The van der Waals surface area contributed by atoms with Gasteiger partial charge in [-0.1, -0.05) is 20.3 Å². The second-order valence-corrected chi connectivity index (χ2v) is 5.05. The van der Waals surface area contributed by atoms with E-state index in [-0.39, 0.29) is 23.1 Å². The highest BCUT2D eigenvalue weighted by Crippen LogP contribution is 2.16. The van der Waals surface area contributed by atoms with Crippen LogP contribution in [0.25, 0.3) is 0 Å². The van der Waals surface area contributed by atoms with Crippen LogP contribution in [-0.2, 0) is 9.59 Å². The number of anilines is 1. The van der Waals surface area contributed by atoms with Crippen LogP contribution in [0.5, 0.6) is 0 Å². The molecule has 0 unspecified atom stereocenters. The molecule has 0 saturated heterocycles. The van der Waals surface area contributed by atoms with Crippen LogP contribution >= 0.6 is 0 Å². The summed E-state index contributed by atoms with van der Waals surface area (Å²) in [5.41, 5.74) is -0.0599. The molecule has 0 aliphatic carbocycles. The van der Waals surface area contributed by atoms with E-state index >= 15 is 0 Å². The molecule has 3 N–H and O–H groups in total. The van der Waals surface area contributed by atoms with E-state index in [2.05, 4.69) is 10.6 Å². The lowest BCUT2D eigenvalue weighted by molar-refractivity contribution is -0.140. The lowest BCUT2D eigenvalue weighted by Gasteiger charge is -2.20. The van der Waals surface area contributed by atoms with Crippen molar-refractivity contribution in [2.24, 2.45) is 5.92 Å². The second-order valence-electron chi connectivity index (χ2n) is 5.05. The zero-order valence-corrected chi connectivity index (χ0v) is 12.6. The van der Waals surface area contributed by atoms with Gasteiger partial charge in [-0.25, -0.2) is 9.18 Å². The molecule has 0 fully saturated rings. The summed E-state index contributed by atoms with van der Waals surface area (Å²) in [7, 11) is 0. The highest BCUT2D eigenvalue weighted by Gasteiger charge is 2.26. The van der Waals surface area contributed by atoms with Crippen molar-refractivity contribution in [1.82, 2.24) is 5.32 Å². The molecule has 2 atom stereocenters. The number of carbonyl (C=O) groups is 3. The molecule has 0 aromatic heterocycles. The Hall–Kier alpha value is -2.44. The molecular weight excluding hydrogens is 291 g/mol. The van der Waals surface area contributed by atoms with Gasteiger partial charge in [0.1, 0.15) is 11.9 Å². The maximum Gasteiger partial charge on any atom is 0.326 e. The van der Waals surface area contributed by atoms with E-state index in [1.54, 1.807) is 13.8 Å². The molecule has 0 radical (unpaired) electrons. The molecule has 1 rings (SSSR count). The zero-order valence-electron chi connectivity index (χ0n) is 12.6. The van der Waals surface area contributed by atoms with Crippen LogP contribution in [0.4, 0.5) is 10.1 Å². The number of halogens is 1. The third-order valence-corrected chi connectivity index (χ3v) is 3.30. The van der Waals surface area contributed by atoms with Crippen LogP contribution in [0, 0.1) is 11.7 Å². The predicted octanol–water partition coefficient (Wildman–Crippen LogP) is 2.01. The molecule has 0 aliphatic heterocycles. The van der Waals surface area contributed by atoms with E-state index in [1.165, 1.54) is 19.1 Å². The summed E-state index contributed by atoms with van der Waals surface area (Å²) in [5, 5.41) is 13.9. The minimum absolute atomic E-state index is 0.259. The lowest BCUT2D eigenvalue weighted by atomic mass is 9.99. The summed E-state index contributed by atoms with van der Waals surface area (Å²) >= 11 is 0. The molecule has 0 spiro atoms. The van der Waals surface area contributed by atoms with E-state index in [9.17, 15) is 18.8 Å². The van der Waals surface area contributed by atoms with Crippen LogP contribution in [0.2, 0.25) is 0 Å².